The van der Waals surface area contributed by atoms with Gasteiger partial charge in [-0.05, 0) is 32.2 Å². The summed E-state index contributed by atoms with van der Waals surface area (Å²) in [4.78, 5) is 20.8. The number of likely N-dealkylation sites (N-methyl/N-ethyl adjacent to an activating group) is 1. The van der Waals surface area contributed by atoms with Crippen LogP contribution in [0.4, 0.5) is 0 Å². The fourth-order valence-corrected chi connectivity index (χ4v) is 2.19. The maximum absolute atomic E-state index is 11.8. The van der Waals surface area contributed by atoms with Gasteiger partial charge in [-0.25, -0.2) is 0 Å². The molecule has 0 aliphatic carbocycles. The van der Waals surface area contributed by atoms with Crippen molar-refractivity contribution in [3.05, 3.63) is 20.7 Å². The molecule has 0 aromatic carbocycles. The third kappa shape index (κ3) is 4.01. The quantitative estimate of drug-likeness (QED) is 0.589. The maximum Gasteiger partial charge on any atom is 0.264 e. The first kappa shape index (κ1) is 16.6. The highest BCUT2D eigenvalue weighted by Gasteiger charge is 2.09. The smallest absolute Gasteiger partial charge is 0.264 e. The Morgan fingerprint density at radius 1 is 1.40 bits per heavy atom. The van der Waals surface area contributed by atoms with Gasteiger partial charge < -0.3 is 10.0 Å². The second-order valence-corrected chi connectivity index (χ2v) is 4.69. The molecule has 0 spiro atoms. The lowest BCUT2D eigenvalue weighted by molar-refractivity contribution is 0.313. The van der Waals surface area contributed by atoms with Crippen molar-refractivity contribution in [3.63, 3.8) is 0 Å². The van der Waals surface area contributed by atoms with E-state index in [1.54, 1.807) is 0 Å². The van der Waals surface area contributed by atoms with Crippen LogP contribution in [0.2, 0.25) is 0 Å². The van der Waals surface area contributed by atoms with Crippen molar-refractivity contribution in [2.75, 3.05) is 26.2 Å². The molecule has 7 heteroatoms. The number of hydrogen-bond acceptors (Lipinski definition) is 5. The molecule has 0 radical (unpaired) electrons. The largest absolute Gasteiger partial charge is 0.494 e. The second kappa shape index (κ2) is 7.96. The molecule has 20 heavy (non-hydrogen) atoms. The van der Waals surface area contributed by atoms with Crippen LogP contribution < -0.4 is 5.56 Å². The van der Waals surface area contributed by atoms with E-state index < -0.39 is 5.56 Å². The Morgan fingerprint density at radius 3 is 2.60 bits per heavy atom. The topological polar surface area (TPSA) is 73.6 Å². The minimum atomic E-state index is -0.413. The lowest BCUT2D eigenvalue weighted by Crippen LogP contribution is -2.25. The zero-order valence-electron chi connectivity index (χ0n) is 12.2. The highest BCUT2D eigenvalue weighted by molar-refractivity contribution is 7.71. The molecule has 0 aliphatic heterocycles. The maximum atomic E-state index is 11.8. The summed E-state index contributed by atoms with van der Waals surface area (Å²) in [6.07, 6.45) is 1.42. The molecule has 0 fully saturated rings. The van der Waals surface area contributed by atoms with E-state index in [1.807, 2.05) is 6.92 Å². The molecule has 0 unspecified atom stereocenters. The van der Waals surface area contributed by atoms with Crippen LogP contribution in [0.1, 0.15) is 26.3 Å². The fraction of sp³-hybridized carbons (Fsp3) is 0.615. The van der Waals surface area contributed by atoms with Crippen LogP contribution in [0.25, 0.3) is 0 Å². The van der Waals surface area contributed by atoms with Crippen molar-refractivity contribution in [2.45, 2.75) is 27.3 Å². The Morgan fingerprint density at radius 2 is 2.05 bits per heavy atom. The van der Waals surface area contributed by atoms with Crippen LogP contribution in [0.5, 0.6) is 5.88 Å². The van der Waals surface area contributed by atoms with E-state index in [9.17, 15) is 9.90 Å². The summed E-state index contributed by atoms with van der Waals surface area (Å²) in [5.74, 6) is -0.132. The van der Waals surface area contributed by atoms with Gasteiger partial charge >= 0.3 is 0 Å². The van der Waals surface area contributed by atoms with Crippen molar-refractivity contribution in [1.29, 1.82) is 0 Å². The number of nitrogens with zero attached hydrogens (tertiary/aromatic N) is 3. The predicted molar refractivity (Wildman–Crippen MR) is 83.5 cm³/mol. The molecular weight excluding hydrogens is 276 g/mol. The van der Waals surface area contributed by atoms with Crippen LogP contribution in [0.3, 0.4) is 0 Å². The minimum absolute atomic E-state index is 0.132. The highest BCUT2D eigenvalue weighted by atomic mass is 32.1. The molecule has 6 nitrogen and oxygen atoms in total. The third-order valence-electron chi connectivity index (χ3n) is 3.18. The molecule has 1 heterocycles. The lowest BCUT2D eigenvalue weighted by atomic mass is 10.3. The molecular formula is C13H22N4O2S. The van der Waals surface area contributed by atoms with Crippen LogP contribution in [-0.2, 0) is 6.54 Å². The number of aromatic amines is 1. The Hall–Kier alpha value is -1.47. The predicted octanol–water partition coefficient (Wildman–Crippen LogP) is 1.39. The lowest BCUT2D eigenvalue weighted by Gasteiger charge is -2.15. The standard InChI is InChI=1S/C13H22N4O2S/c1-4-16(5-2)8-7-14-9-10-11(18)15-13(20)17(6-3)12(10)19/h9,19H,4-8H2,1-3H3,(H,15,18,20). The van der Waals surface area contributed by atoms with E-state index in [-0.39, 0.29) is 16.2 Å². The number of nitrogens with one attached hydrogen (secondary N) is 1. The van der Waals surface area contributed by atoms with E-state index in [1.165, 1.54) is 10.8 Å². The van der Waals surface area contributed by atoms with Crippen molar-refractivity contribution in [2.24, 2.45) is 4.99 Å². The fourth-order valence-electron chi connectivity index (χ4n) is 1.88. The van der Waals surface area contributed by atoms with Crippen LogP contribution in [0.15, 0.2) is 9.79 Å². The molecule has 1 aromatic heterocycles. The third-order valence-corrected chi connectivity index (χ3v) is 3.51. The van der Waals surface area contributed by atoms with Crippen LogP contribution in [0, 0.1) is 4.77 Å². The molecule has 0 atom stereocenters. The first-order valence-electron chi connectivity index (χ1n) is 6.83. The minimum Gasteiger partial charge on any atom is -0.494 e. The van der Waals surface area contributed by atoms with Crippen molar-refractivity contribution in [3.8, 4) is 5.88 Å². The first-order chi connectivity index (χ1) is 9.54. The van der Waals surface area contributed by atoms with Crippen LogP contribution in [-0.4, -0.2) is 52.0 Å². The van der Waals surface area contributed by atoms with E-state index in [2.05, 4.69) is 28.7 Å². The van der Waals surface area contributed by atoms with E-state index in [0.29, 0.717) is 13.1 Å². The molecule has 0 bridgehead atoms. The SMILES string of the molecule is CCN(CC)CCN=Cc1c(O)n(CC)c(=S)[nH]c1=O. The van der Waals surface area contributed by atoms with E-state index in [4.69, 9.17) is 12.2 Å². The molecule has 1 aromatic rings. The Labute approximate surface area is 123 Å². The molecule has 0 amide bonds. The van der Waals surface area contributed by atoms with Gasteiger partial charge in [0, 0.05) is 19.3 Å². The number of aromatic nitrogens is 2. The average molecular weight is 298 g/mol. The molecule has 1 rings (SSSR count). The van der Waals surface area contributed by atoms with Crippen molar-refractivity contribution >= 4 is 18.4 Å². The Kier molecular flexibility index (Phi) is 6.60. The number of rotatable bonds is 7. The second-order valence-electron chi connectivity index (χ2n) is 4.30. The summed E-state index contributed by atoms with van der Waals surface area (Å²) in [5.41, 5.74) is -0.260. The normalized spacial score (nSPS) is 11.6. The number of hydrogen-bond donors (Lipinski definition) is 2. The van der Waals surface area contributed by atoms with Gasteiger partial charge in [-0.15, -0.1) is 0 Å². The summed E-state index contributed by atoms with van der Waals surface area (Å²) in [7, 11) is 0. The van der Waals surface area contributed by atoms with Crippen molar-refractivity contribution in [1.82, 2.24) is 14.5 Å². The highest BCUT2D eigenvalue weighted by Crippen LogP contribution is 2.10. The molecule has 112 valence electrons. The number of aliphatic imine (C=N–C) groups is 1. The first-order valence-corrected chi connectivity index (χ1v) is 7.24. The van der Waals surface area contributed by atoms with Gasteiger partial charge in [0.15, 0.2) is 4.77 Å². The number of aromatic hydroxyl groups is 1. The van der Waals surface area contributed by atoms with Gasteiger partial charge in [-0.3, -0.25) is 19.3 Å². The monoisotopic (exact) mass is 298 g/mol. The van der Waals surface area contributed by atoms with Crippen LogP contribution >= 0.6 is 12.2 Å². The molecule has 0 saturated carbocycles. The molecule has 0 aliphatic rings. The van der Waals surface area contributed by atoms with Gasteiger partial charge in [0.25, 0.3) is 5.56 Å². The van der Waals surface area contributed by atoms with Gasteiger partial charge in [0.05, 0.1) is 6.54 Å². The van der Waals surface area contributed by atoms with E-state index >= 15 is 0 Å². The van der Waals surface area contributed by atoms with Gasteiger partial charge in [0.2, 0.25) is 5.88 Å². The Bertz CT molecular complexity index is 573. The summed E-state index contributed by atoms with van der Waals surface area (Å²) in [5, 5.41) is 10.0. The van der Waals surface area contributed by atoms with Crippen molar-refractivity contribution < 1.29 is 5.11 Å². The van der Waals surface area contributed by atoms with Gasteiger partial charge in [-0.1, -0.05) is 13.8 Å². The number of H-pyrrole nitrogens is 1. The summed E-state index contributed by atoms with van der Waals surface area (Å²) in [6, 6.07) is 0. The molecule has 2 N–H and O–H groups in total. The van der Waals surface area contributed by atoms with Gasteiger partial charge in [0.1, 0.15) is 5.56 Å². The summed E-state index contributed by atoms with van der Waals surface area (Å²) >= 11 is 4.98. The zero-order valence-corrected chi connectivity index (χ0v) is 13.0. The average Bonchev–Trinajstić information content (AvgIpc) is 2.42. The zero-order chi connectivity index (χ0) is 15.1. The molecule has 0 saturated heterocycles. The Balaban J connectivity index is 2.88. The summed E-state index contributed by atoms with van der Waals surface area (Å²) in [6.45, 7) is 9.87. The summed E-state index contributed by atoms with van der Waals surface area (Å²) < 4.78 is 1.68. The van der Waals surface area contributed by atoms with Gasteiger partial charge in [-0.2, -0.15) is 0 Å². The van der Waals surface area contributed by atoms with E-state index in [0.717, 1.165) is 19.6 Å².